The molecule has 19 heavy (non-hydrogen) atoms. The van der Waals surface area contributed by atoms with Crippen LogP contribution in [0.2, 0.25) is 0 Å². The summed E-state index contributed by atoms with van der Waals surface area (Å²) in [7, 11) is 1.62. The summed E-state index contributed by atoms with van der Waals surface area (Å²) in [6, 6.07) is 5.70. The van der Waals surface area contributed by atoms with Gasteiger partial charge >= 0.3 is 0 Å². The molecule has 0 aliphatic heterocycles. The molecule has 1 atom stereocenters. The molecule has 4 nitrogen and oxygen atoms in total. The lowest BCUT2D eigenvalue weighted by Gasteiger charge is -2.22. The molecule has 0 saturated carbocycles. The Morgan fingerprint density at radius 2 is 2.21 bits per heavy atom. The van der Waals surface area contributed by atoms with Crippen LogP contribution >= 0.6 is 15.9 Å². The van der Waals surface area contributed by atoms with Crippen molar-refractivity contribution in [1.82, 2.24) is 5.32 Å². The van der Waals surface area contributed by atoms with Crippen LogP contribution in [0.4, 0.5) is 0 Å². The Hall–Kier alpha value is -1.07. The van der Waals surface area contributed by atoms with Crippen molar-refractivity contribution < 1.29 is 9.53 Å². The molecule has 5 heteroatoms. The van der Waals surface area contributed by atoms with E-state index in [1.165, 1.54) is 0 Å². The van der Waals surface area contributed by atoms with Crippen molar-refractivity contribution in [1.29, 1.82) is 0 Å². The number of carbonyl (C=O) groups is 1. The fourth-order valence-corrected chi connectivity index (χ4v) is 2.43. The largest absolute Gasteiger partial charge is 0.496 e. The second-order valence-corrected chi connectivity index (χ2v) is 5.67. The minimum atomic E-state index is -0.807. The summed E-state index contributed by atoms with van der Waals surface area (Å²) in [5.74, 6) is 0.644. The van der Waals surface area contributed by atoms with Crippen LogP contribution in [0, 0.1) is 0 Å². The number of amides is 1. The quantitative estimate of drug-likeness (QED) is 0.843. The number of hydrogen-bond acceptors (Lipinski definition) is 3. The Labute approximate surface area is 122 Å². The van der Waals surface area contributed by atoms with Crippen LogP contribution in [0.3, 0.4) is 0 Å². The predicted octanol–water partition coefficient (Wildman–Crippen LogP) is 2.59. The van der Waals surface area contributed by atoms with E-state index in [4.69, 9.17) is 10.5 Å². The van der Waals surface area contributed by atoms with Gasteiger partial charge in [-0.1, -0.05) is 19.4 Å². The van der Waals surface area contributed by atoms with E-state index in [1.54, 1.807) is 14.0 Å². The van der Waals surface area contributed by atoms with Gasteiger partial charge in [0.15, 0.2) is 0 Å². The number of methoxy groups -OCH3 is 1. The first-order valence-corrected chi connectivity index (χ1v) is 7.09. The lowest BCUT2D eigenvalue weighted by atomic mass is 9.96. The first-order valence-electron chi connectivity index (χ1n) is 6.30. The molecule has 0 saturated heterocycles. The summed E-state index contributed by atoms with van der Waals surface area (Å²) in [6.07, 6.45) is 1.56. The van der Waals surface area contributed by atoms with Crippen molar-refractivity contribution in [3.63, 3.8) is 0 Å². The maximum Gasteiger partial charge on any atom is 0.240 e. The zero-order chi connectivity index (χ0) is 14.5. The van der Waals surface area contributed by atoms with Crippen LogP contribution in [0.1, 0.15) is 32.3 Å². The number of rotatable bonds is 6. The van der Waals surface area contributed by atoms with Crippen molar-refractivity contribution in [2.45, 2.75) is 38.8 Å². The van der Waals surface area contributed by atoms with Gasteiger partial charge in [0.1, 0.15) is 5.75 Å². The summed E-state index contributed by atoms with van der Waals surface area (Å²) < 4.78 is 6.02. The summed E-state index contributed by atoms with van der Waals surface area (Å²) in [4.78, 5) is 12.0. The molecule has 0 radical (unpaired) electrons. The topological polar surface area (TPSA) is 64.4 Å². The van der Waals surface area contributed by atoms with E-state index in [0.717, 1.165) is 22.2 Å². The van der Waals surface area contributed by atoms with Gasteiger partial charge in [0.05, 0.1) is 17.1 Å². The number of nitrogens with one attached hydrogen (secondary N) is 1. The van der Waals surface area contributed by atoms with Crippen LogP contribution in [0.5, 0.6) is 5.75 Å². The molecule has 106 valence electrons. The van der Waals surface area contributed by atoms with Gasteiger partial charge in [-0.3, -0.25) is 4.79 Å². The predicted molar refractivity (Wildman–Crippen MR) is 80.0 cm³/mol. The average molecular weight is 329 g/mol. The normalized spacial score (nSPS) is 13.7. The van der Waals surface area contributed by atoms with Crippen molar-refractivity contribution in [3.05, 3.63) is 28.2 Å². The fraction of sp³-hybridized carbons (Fsp3) is 0.500. The molecule has 1 amide bonds. The molecule has 1 rings (SSSR count). The molecule has 0 aromatic heterocycles. The van der Waals surface area contributed by atoms with Crippen LogP contribution in [-0.4, -0.2) is 18.6 Å². The maximum atomic E-state index is 12.0. The van der Waals surface area contributed by atoms with Gasteiger partial charge in [-0.15, -0.1) is 0 Å². The van der Waals surface area contributed by atoms with Crippen molar-refractivity contribution in [2.24, 2.45) is 5.73 Å². The van der Waals surface area contributed by atoms with E-state index in [0.29, 0.717) is 13.0 Å². The van der Waals surface area contributed by atoms with Crippen LogP contribution in [-0.2, 0) is 11.3 Å². The van der Waals surface area contributed by atoms with Gasteiger partial charge in [-0.25, -0.2) is 0 Å². The van der Waals surface area contributed by atoms with Crippen LogP contribution in [0.25, 0.3) is 0 Å². The van der Waals surface area contributed by atoms with E-state index in [2.05, 4.69) is 21.2 Å². The Morgan fingerprint density at radius 1 is 1.53 bits per heavy atom. The van der Waals surface area contributed by atoms with E-state index in [9.17, 15) is 4.79 Å². The molecule has 1 unspecified atom stereocenters. The number of carbonyl (C=O) groups excluding carboxylic acids is 1. The minimum Gasteiger partial charge on any atom is -0.496 e. The smallest absolute Gasteiger partial charge is 0.240 e. The third-order valence-corrected chi connectivity index (χ3v) is 3.58. The second kappa shape index (κ2) is 6.91. The summed E-state index contributed by atoms with van der Waals surface area (Å²) in [5.41, 5.74) is 6.16. The summed E-state index contributed by atoms with van der Waals surface area (Å²) >= 11 is 3.42. The van der Waals surface area contributed by atoms with Gasteiger partial charge in [0, 0.05) is 6.54 Å². The third-order valence-electron chi connectivity index (χ3n) is 2.96. The lowest BCUT2D eigenvalue weighted by molar-refractivity contribution is -0.126. The molecule has 1 aromatic carbocycles. The number of hydrogen-bond donors (Lipinski definition) is 2. The van der Waals surface area contributed by atoms with Crippen LogP contribution in [0.15, 0.2) is 22.7 Å². The highest BCUT2D eigenvalue weighted by molar-refractivity contribution is 9.10. The second-order valence-electron chi connectivity index (χ2n) is 4.82. The molecule has 0 spiro atoms. The number of halogens is 1. The minimum absolute atomic E-state index is 0.124. The highest BCUT2D eigenvalue weighted by Crippen LogP contribution is 2.25. The van der Waals surface area contributed by atoms with Gasteiger partial charge in [0.25, 0.3) is 0 Å². The molecule has 0 fully saturated rings. The molecular formula is C14H21BrN2O2. The molecule has 0 aliphatic carbocycles. The summed E-state index contributed by atoms with van der Waals surface area (Å²) in [5, 5.41) is 2.86. The van der Waals surface area contributed by atoms with Crippen LogP contribution < -0.4 is 15.8 Å². The Kier molecular flexibility index (Phi) is 5.82. The summed E-state index contributed by atoms with van der Waals surface area (Å²) in [6.45, 7) is 4.23. The van der Waals surface area contributed by atoms with Gasteiger partial charge in [0.2, 0.25) is 5.91 Å². The molecule has 3 N–H and O–H groups in total. The molecule has 1 aromatic rings. The number of benzene rings is 1. The first kappa shape index (κ1) is 16.0. The average Bonchev–Trinajstić information content (AvgIpc) is 2.36. The Bertz CT molecular complexity index is 447. The highest BCUT2D eigenvalue weighted by Gasteiger charge is 2.26. The Morgan fingerprint density at radius 3 is 2.74 bits per heavy atom. The zero-order valence-electron chi connectivity index (χ0n) is 11.6. The number of nitrogens with two attached hydrogens (primary N) is 1. The van der Waals surface area contributed by atoms with Crippen molar-refractivity contribution in [2.75, 3.05) is 7.11 Å². The van der Waals surface area contributed by atoms with E-state index in [1.807, 2.05) is 25.1 Å². The molecule has 0 heterocycles. The highest BCUT2D eigenvalue weighted by atomic mass is 79.9. The monoisotopic (exact) mass is 328 g/mol. The van der Waals surface area contributed by atoms with E-state index in [-0.39, 0.29) is 5.91 Å². The fourth-order valence-electron chi connectivity index (χ4n) is 1.84. The number of ether oxygens (including phenoxy) is 1. The van der Waals surface area contributed by atoms with Crippen molar-refractivity contribution >= 4 is 21.8 Å². The van der Waals surface area contributed by atoms with Gasteiger partial charge in [-0.2, -0.15) is 0 Å². The SMILES string of the molecule is CCCC(C)(N)C(=O)NCc1ccc(OC)c(Br)c1. The molecule has 0 aliphatic rings. The van der Waals surface area contributed by atoms with Gasteiger partial charge in [-0.05, 0) is 47.0 Å². The van der Waals surface area contributed by atoms with Crippen molar-refractivity contribution in [3.8, 4) is 5.75 Å². The van der Waals surface area contributed by atoms with Gasteiger partial charge < -0.3 is 15.8 Å². The zero-order valence-corrected chi connectivity index (χ0v) is 13.2. The Balaban J connectivity index is 2.62. The third kappa shape index (κ3) is 4.51. The lowest BCUT2D eigenvalue weighted by Crippen LogP contribution is -2.51. The maximum absolute atomic E-state index is 12.0. The van der Waals surface area contributed by atoms with E-state index < -0.39 is 5.54 Å². The first-order chi connectivity index (χ1) is 8.90. The van der Waals surface area contributed by atoms with E-state index >= 15 is 0 Å². The molecule has 0 bridgehead atoms. The molecular weight excluding hydrogens is 308 g/mol. The standard InChI is InChI=1S/C14H21BrN2O2/c1-4-7-14(2,16)13(18)17-9-10-5-6-12(19-3)11(15)8-10/h5-6,8H,4,7,9,16H2,1-3H3,(H,17,18).